The van der Waals surface area contributed by atoms with Crippen LogP contribution in [0.5, 0.6) is 11.6 Å². The molecule has 314 valence electrons. The van der Waals surface area contributed by atoms with Crippen LogP contribution in [0.4, 0.5) is 5.69 Å². The first-order valence-corrected chi connectivity index (χ1v) is 21.5. The molecule has 6 aromatic rings. The smallest absolute Gasteiger partial charge is 0.255 e. The fourth-order valence-electron chi connectivity index (χ4n) is 9.21. The summed E-state index contributed by atoms with van der Waals surface area (Å²) in [5.74, 6) is 6.90. The van der Waals surface area contributed by atoms with Crippen molar-refractivity contribution in [2.75, 3.05) is 18.0 Å². The highest BCUT2D eigenvalue weighted by Crippen LogP contribution is 2.35. The predicted octanol–water partition coefficient (Wildman–Crippen LogP) is 7.35. The largest absolute Gasteiger partial charge is 0.475 e. The van der Waals surface area contributed by atoms with E-state index in [4.69, 9.17) is 14.2 Å². The third-order valence-electron chi connectivity index (χ3n) is 12.6. The molecule has 12 nitrogen and oxygen atoms in total. The number of nitrogens with one attached hydrogen (secondary N) is 1. The van der Waals surface area contributed by atoms with Crippen molar-refractivity contribution in [1.82, 2.24) is 24.8 Å². The summed E-state index contributed by atoms with van der Waals surface area (Å²) >= 11 is 0. The Morgan fingerprint density at radius 2 is 1.66 bits per heavy atom. The van der Waals surface area contributed by atoms with Crippen LogP contribution in [0, 0.1) is 11.8 Å². The normalized spacial score (nSPS) is 20.4. The Morgan fingerprint density at radius 3 is 2.47 bits per heavy atom. The zero-order valence-corrected chi connectivity index (χ0v) is 35.1. The average Bonchev–Trinajstić information content (AvgIpc) is 3.74. The van der Waals surface area contributed by atoms with Crippen molar-refractivity contribution < 1.29 is 28.6 Å². The number of carbonyl (C=O) groups is 3. The van der Waals surface area contributed by atoms with E-state index in [1.165, 1.54) is 21.3 Å². The number of ether oxygens (including phenoxy) is 3. The Labute approximate surface area is 360 Å². The molecule has 2 saturated heterocycles. The number of rotatable bonds is 9. The summed E-state index contributed by atoms with van der Waals surface area (Å²) in [7, 11) is 2.09. The Morgan fingerprint density at radius 1 is 0.823 bits per heavy atom. The lowest BCUT2D eigenvalue weighted by molar-refractivity contribution is -0.136. The highest BCUT2D eigenvalue weighted by molar-refractivity contribution is 6.08. The first-order chi connectivity index (χ1) is 30.0. The molecule has 3 amide bonds. The van der Waals surface area contributed by atoms with Crippen molar-refractivity contribution in [3.05, 3.63) is 114 Å². The molecule has 12 heteroatoms. The van der Waals surface area contributed by atoms with Gasteiger partial charge in [0.1, 0.15) is 17.9 Å². The van der Waals surface area contributed by atoms with Gasteiger partial charge >= 0.3 is 0 Å². The molecule has 3 aromatic heterocycles. The van der Waals surface area contributed by atoms with Gasteiger partial charge in [-0.25, -0.2) is 4.98 Å². The first-order valence-electron chi connectivity index (χ1n) is 21.5. The third kappa shape index (κ3) is 7.84. The van der Waals surface area contributed by atoms with Gasteiger partial charge in [-0.1, -0.05) is 30.0 Å². The number of imide groups is 1. The Kier molecular flexibility index (Phi) is 10.1. The van der Waals surface area contributed by atoms with Crippen LogP contribution in [0.1, 0.15) is 73.9 Å². The Balaban J connectivity index is 0.681. The molecule has 10 rings (SSSR count). The summed E-state index contributed by atoms with van der Waals surface area (Å²) in [6, 6.07) is 25.6. The predicted molar refractivity (Wildman–Crippen MR) is 236 cm³/mol. The molecule has 1 saturated carbocycles. The lowest BCUT2D eigenvalue weighted by Gasteiger charge is -2.40. The number of amides is 3. The van der Waals surface area contributed by atoms with Crippen LogP contribution < -0.4 is 19.7 Å². The Hall–Kier alpha value is -6.71. The molecule has 1 aliphatic carbocycles. The van der Waals surface area contributed by atoms with Gasteiger partial charge in [0.15, 0.2) is 5.60 Å². The van der Waals surface area contributed by atoms with Crippen LogP contribution >= 0.6 is 0 Å². The van der Waals surface area contributed by atoms with Crippen LogP contribution in [-0.2, 0) is 27.9 Å². The number of fused-ring (bicyclic) bond motifs is 4. The molecule has 4 aliphatic rings. The average molecular weight is 829 g/mol. The van der Waals surface area contributed by atoms with Crippen molar-refractivity contribution in [3.63, 3.8) is 0 Å². The van der Waals surface area contributed by atoms with E-state index < -0.39 is 17.6 Å². The lowest BCUT2D eigenvalue weighted by atomic mass is 9.91. The second kappa shape index (κ2) is 16.0. The quantitative estimate of drug-likeness (QED) is 0.118. The number of hydrogen-bond acceptors (Lipinski definition) is 9. The number of anilines is 1. The van der Waals surface area contributed by atoms with Crippen LogP contribution in [0.2, 0.25) is 0 Å². The van der Waals surface area contributed by atoms with E-state index in [2.05, 4.69) is 86.1 Å². The van der Waals surface area contributed by atoms with Crippen molar-refractivity contribution in [2.45, 2.75) is 88.9 Å². The number of pyridine rings is 2. The van der Waals surface area contributed by atoms with E-state index in [1.54, 1.807) is 12.1 Å². The summed E-state index contributed by atoms with van der Waals surface area (Å²) in [6.07, 6.45) is 10.4. The molecule has 3 aromatic carbocycles. The fourth-order valence-corrected chi connectivity index (χ4v) is 9.21. The molecule has 3 aliphatic heterocycles. The maximum Gasteiger partial charge on any atom is 0.255 e. The maximum atomic E-state index is 13.1. The van der Waals surface area contributed by atoms with E-state index in [1.807, 2.05) is 56.7 Å². The van der Waals surface area contributed by atoms with Crippen molar-refractivity contribution >= 4 is 45.2 Å². The molecule has 3 fully saturated rings. The maximum absolute atomic E-state index is 13.1. The molecule has 1 atom stereocenters. The van der Waals surface area contributed by atoms with Gasteiger partial charge in [0.2, 0.25) is 17.7 Å². The van der Waals surface area contributed by atoms with E-state index in [0.29, 0.717) is 23.6 Å². The van der Waals surface area contributed by atoms with E-state index in [0.717, 1.165) is 72.1 Å². The van der Waals surface area contributed by atoms with Crippen LogP contribution in [0.3, 0.4) is 0 Å². The minimum absolute atomic E-state index is 0.107. The van der Waals surface area contributed by atoms with E-state index in [-0.39, 0.29) is 43.1 Å². The number of benzene rings is 3. The van der Waals surface area contributed by atoms with Crippen LogP contribution in [-0.4, -0.2) is 80.2 Å². The highest BCUT2D eigenvalue weighted by atomic mass is 16.5. The second-order valence-electron chi connectivity index (χ2n) is 17.4. The minimum Gasteiger partial charge on any atom is -0.475 e. The van der Waals surface area contributed by atoms with Crippen molar-refractivity contribution in [1.29, 1.82) is 0 Å². The standard InChI is InChI=1S/C50H48N6O6/c1-50(2,62-37-9-11-40-34(24-37)30-56(49(40)59)44-12-13-46(57)53-48(44)58)19-15-31-5-4-6-35(23-31)55-21-17-36(18-22-55)60-38-26-39(27-38)61-47-14-8-33(28-52-47)32-7-10-41-42-29-51-20-16-43(42)54(3)45(41)25-32/h4-11,14,16,20,23-25,28-29,36,38-39,44H,12-13,17-18,21-22,26-27,30H2,1-3H3,(H,53,57,58)/t38-,39-,44?. The molecule has 0 radical (unpaired) electrons. The highest BCUT2D eigenvalue weighted by Gasteiger charge is 2.39. The first kappa shape index (κ1) is 39.4. The summed E-state index contributed by atoms with van der Waals surface area (Å²) in [6.45, 7) is 5.94. The van der Waals surface area contributed by atoms with E-state index >= 15 is 0 Å². The number of aromatic nitrogens is 3. The number of nitrogens with zero attached hydrogens (tertiary/aromatic N) is 5. The summed E-state index contributed by atoms with van der Waals surface area (Å²) in [5, 5.41) is 4.70. The monoisotopic (exact) mass is 828 g/mol. The van der Waals surface area contributed by atoms with Gasteiger partial charge in [-0.2, -0.15) is 0 Å². The number of aryl methyl sites for hydroxylation is 1. The minimum atomic E-state index is -0.814. The lowest BCUT2D eigenvalue weighted by Crippen LogP contribution is -2.52. The molecule has 0 spiro atoms. The molecular weight excluding hydrogens is 781 g/mol. The molecular formula is C50H48N6O6. The van der Waals surface area contributed by atoms with Crippen LogP contribution in [0.25, 0.3) is 32.9 Å². The number of piperidine rings is 2. The van der Waals surface area contributed by atoms with Gasteiger partial charge in [0, 0.05) is 109 Å². The topological polar surface area (TPSA) is 128 Å². The molecule has 0 bridgehead atoms. The summed E-state index contributed by atoms with van der Waals surface area (Å²) < 4.78 is 21.3. The molecule has 1 N–H and O–H groups in total. The summed E-state index contributed by atoms with van der Waals surface area (Å²) in [5.41, 5.74) is 7.06. The third-order valence-corrected chi connectivity index (χ3v) is 12.6. The molecule has 6 heterocycles. The zero-order valence-electron chi connectivity index (χ0n) is 35.1. The van der Waals surface area contributed by atoms with Gasteiger partial charge in [-0.3, -0.25) is 24.7 Å². The fraction of sp³-hybridized carbons (Fsp3) is 0.340. The van der Waals surface area contributed by atoms with E-state index in [9.17, 15) is 14.4 Å². The van der Waals surface area contributed by atoms with Gasteiger partial charge < -0.3 is 28.6 Å². The van der Waals surface area contributed by atoms with Gasteiger partial charge in [0.05, 0.1) is 17.7 Å². The van der Waals surface area contributed by atoms with Crippen LogP contribution in [0.15, 0.2) is 97.5 Å². The SMILES string of the molecule is Cn1c2ccncc2c2ccc(-c3ccc(O[C@H]4C[C@H](OC5CCN(c6cccc(C#CC(C)(C)Oc7ccc8c(c7)CN(C7CCC(=O)NC7=O)C8=O)c6)CC5)C4)nc3)cc21. The van der Waals surface area contributed by atoms with Gasteiger partial charge in [0.25, 0.3) is 5.91 Å². The zero-order chi connectivity index (χ0) is 42.5. The van der Waals surface area contributed by atoms with Crippen molar-refractivity contribution in [2.24, 2.45) is 7.05 Å². The molecule has 1 unspecified atom stereocenters. The van der Waals surface area contributed by atoms with Crippen molar-refractivity contribution in [3.8, 4) is 34.6 Å². The number of hydrogen-bond donors (Lipinski definition) is 1. The second-order valence-corrected chi connectivity index (χ2v) is 17.4. The van der Waals surface area contributed by atoms with Gasteiger partial charge in [-0.15, -0.1) is 0 Å². The Bertz CT molecular complexity index is 2790. The summed E-state index contributed by atoms with van der Waals surface area (Å²) in [4.78, 5) is 50.1. The molecule has 62 heavy (non-hydrogen) atoms. The number of carbonyl (C=O) groups excluding carboxylic acids is 3. The van der Waals surface area contributed by atoms with Gasteiger partial charge in [-0.05, 0) is 98.8 Å².